The summed E-state index contributed by atoms with van der Waals surface area (Å²) in [5.74, 6) is 0.960. The van der Waals surface area contributed by atoms with Crippen molar-refractivity contribution in [3.05, 3.63) is 90.3 Å². The maximum Gasteiger partial charge on any atom is 0.264 e. The number of H-pyrrole nitrogens is 1. The molecule has 0 aliphatic heterocycles. The fourth-order valence-corrected chi connectivity index (χ4v) is 4.29. The Morgan fingerprint density at radius 1 is 0.938 bits per heavy atom. The lowest BCUT2D eigenvalue weighted by atomic mass is 10.1. The highest BCUT2D eigenvalue weighted by Gasteiger charge is 2.21. The van der Waals surface area contributed by atoms with Crippen LogP contribution in [0.4, 0.5) is 11.4 Å². The zero-order chi connectivity index (χ0) is 22.7. The maximum absolute atomic E-state index is 12.9. The zero-order valence-electron chi connectivity index (χ0n) is 17.5. The lowest BCUT2D eigenvalue weighted by molar-refractivity contribution is 0.102. The van der Waals surface area contributed by atoms with Gasteiger partial charge in [0, 0.05) is 23.9 Å². The lowest BCUT2D eigenvalue weighted by Gasteiger charge is -2.19. The minimum atomic E-state index is -3.74. The number of aromatic amines is 1. The molecule has 0 spiro atoms. The van der Waals surface area contributed by atoms with Crippen molar-refractivity contribution >= 4 is 27.3 Å². The topological polar surface area (TPSA) is 108 Å². The van der Waals surface area contributed by atoms with Crippen molar-refractivity contribution in [3.8, 4) is 11.4 Å². The molecule has 0 saturated heterocycles. The van der Waals surface area contributed by atoms with E-state index in [2.05, 4.69) is 20.5 Å². The number of hydrogen-bond donors (Lipinski definition) is 2. The third-order valence-corrected chi connectivity index (χ3v) is 6.69. The highest BCUT2D eigenvalue weighted by molar-refractivity contribution is 7.92. The Morgan fingerprint density at radius 3 is 2.19 bits per heavy atom. The fourth-order valence-electron chi connectivity index (χ4n) is 3.09. The van der Waals surface area contributed by atoms with Crippen molar-refractivity contribution in [1.29, 1.82) is 0 Å². The van der Waals surface area contributed by atoms with Crippen molar-refractivity contribution in [2.45, 2.75) is 11.8 Å². The lowest BCUT2D eigenvalue weighted by Crippen LogP contribution is -2.26. The Bertz CT molecular complexity index is 1330. The van der Waals surface area contributed by atoms with Crippen LogP contribution in [0.5, 0.6) is 0 Å². The predicted octanol–water partition coefficient (Wildman–Crippen LogP) is 3.86. The largest absolute Gasteiger partial charge is 0.322 e. The van der Waals surface area contributed by atoms with E-state index in [0.717, 1.165) is 11.4 Å². The Kier molecular flexibility index (Phi) is 5.74. The van der Waals surface area contributed by atoms with Crippen LogP contribution in [0.1, 0.15) is 16.2 Å². The van der Waals surface area contributed by atoms with Crippen LogP contribution in [0.25, 0.3) is 11.4 Å². The maximum atomic E-state index is 12.9. The van der Waals surface area contributed by atoms with Gasteiger partial charge in [-0.2, -0.15) is 5.10 Å². The minimum absolute atomic E-state index is 0.103. The zero-order valence-corrected chi connectivity index (χ0v) is 18.3. The van der Waals surface area contributed by atoms with Crippen LogP contribution in [0.15, 0.2) is 83.8 Å². The first kappa shape index (κ1) is 21.3. The molecule has 1 heterocycles. The molecule has 3 aromatic carbocycles. The predicted molar refractivity (Wildman–Crippen MR) is 123 cm³/mol. The molecule has 2 N–H and O–H groups in total. The number of carbonyl (C=O) groups is 1. The van der Waals surface area contributed by atoms with Crippen LogP contribution in [-0.2, 0) is 10.0 Å². The smallest absolute Gasteiger partial charge is 0.264 e. The highest BCUT2D eigenvalue weighted by Crippen LogP contribution is 2.23. The second-order valence-electron chi connectivity index (χ2n) is 7.11. The number of rotatable bonds is 6. The second kappa shape index (κ2) is 8.64. The monoisotopic (exact) mass is 447 g/mol. The van der Waals surface area contributed by atoms with Crippen LogP contribution >= 0.6 is 0 Å². The van der Waals surface area contributed by atoms with Crippen molar-refractivity contribution in [2.24, 2.45) is 0 Å². The molecule has 0 saturated carbocycles. The summed E-state index contributed by atoms with van der Waals surface area (Å²) in [6.45, 7) is 1.82. The van der Waals surface area contributed by atoms with Gasteiger partial charge in [-0.1, -0.05) is 18.2 Å². The quantitative estimate of drug-likeness (QED) is 0.467. The third kappa shape index (κ3) is 4.37. The number of para-hydroxylation sites is 1. The molecule has 32 heavy (non-hydrogen) atoms. The van der Waals surface area contributed by atoms with Gasteiger partial charge in [0.1, 0.15) is 5.82 Å². The van der Waals surface area contributed by atoms with Gasteiger partial charge in [0.05, 0.1) is 10.6 Å². The van der Waals surface area contributed by atoms with Gasteiger partial charge in [0.25, 0.3) is 15.9 Å². The number of hydrogen-bond acceptors (Lipinski definition) is 5. The van der Waals surface area contributed by atoms with Gasteiger partial charge < -0.3 is 5.32 Å². The van der Waals surface area contributed by atoms with Crippen LogP contribution in [0.2, 0.25) is 0 Å². The van der Waals surface area contributed by atoms with E-state index in [1.807, 2.05) is 25.1 Å². The number of nitrogens with one attached hydrogen (secondary N) is 2. The molecular weight excluding hydrogens is 426 g/mol. The van der Waals surface area contributed by atoms with Crippen molar-refractivity contribution in [2.75, 3.05) is 16.7 Å². The van der Waals surface area contributed by atoms with Gasteiger partial charge in [-0.15, -0.1) is 0 Å². The van der Waals surface area contributed by atoms with E-state index in [4.69, 9.17) is 0 Å². The van der Waals surface area contributed by atoms with Gasteiger partial charge in [-0.25, -0.2) is 13.4 Å². The van der Waals surface area contributed by atoms with Crippen LogP contribution in [0, 0.1) is 6.92 Å². The van der Waals surface area contributed by atoms with Gasteiger partial charge in [0.15, 0.2) is 5.82 Å². The molecule has 0 fully saturated rings. The number of aryl methyl sites for hydroxylation is 1. The Morgan fingerprint density at radius 2 is 1.59 bits per heavy atom. The first-order valence-electron chi connectivity index (χ1n) is 9.79. The number of carbonyl (C=O) groups excluding carboxylic acids is 1. The minimum Gasteiger partial charge on any atom is -0.322 e. The molecule has 4 aromatic rings. The molecule has 8 nitrogen and oxygen atoms in total. The Balaban J connectivity index is 1.46. The molecule has 1 amide bonds. The molecule has 0 atom stereocenters. The molecule has 0 radical (unpaired) electrons. The summed E-state index contributed by atoms with van der Waals surface area (Å²) in [6, 6.07) is 21.8. The van der Waals surface area contributed by atoms with Gasteiger partial charge in [0.2, 0.25) is 0 Å². The van der Waals surface area contributed by atoms with Gasteiger partial charge in [-0.05, 0) is 67.6 Å². The summed E-state index contributed by atoms with van der Waals surface area (Å²) < 4.78 is 26.9. The Labute approximate surface area is 186 Å². The molecule has 0 aliphatic carbocycles. The van der Waals surface area contributed by atoms with Crippen molar-refractivity contribution < 1.29 is 13.2 Å². The summed E-state index contributed by atoms with van der Waals surface area (Å²) in [5.41, 5.74) is 2.33. The van der Waals surface area contributed by atoms with Crippen molar-refractivity contribution in [1.82, 2.24) is 15.2 Å². The molecule has 9 heteroatoms. The molecular formula is C23H21N5O3S. The number of nitrogens with zero attached hydrogens (tertiary/aromatic N) is 3. The molecule has 1 aromatic heterocycles. The van der Waals surface area contributed by atoms with Crippen molar-refractivity contribution in [3.63, 3.8) is 0 Å². The summed E-state index contributed by atoms with van der Waals surface area (Å²) in [5, 5.41) is 9.70. The number of aromatic nitrogens is 3. The van der Waals surface area contributed by atoms with Crippen LogP contribution in [-0.4, -0.2) is 36.6 Å². The molecule has 4 rings (SSSR count). The molecule has 0 bridgehead atoms. The normalized spacial score (nSPS) is 11.2. The number of sulfonamides is 1. The van der Waals surface area contributed by atoms with E-state index >= 15 is 0 Å². The second-order valence-corrected chi connectivity index (χ2v) is 9.08. The molecule has 0 aliphatic rings. The number of amides is 1. The SMILES string of the molecule is Cc1nc(-c2ccc(NC(=O)c3ccc(S(=O)(=O)N(C)c4ccccc4)cc3)cc2)n[nH]1. The third-order valence-electron chi connectivity index (χ3n) is 4.89. The molecule has 0 unspecified atom stereocenters. The van der Waals surface area contributed by atoms with Crippen LogP contribution < -0.4 is 9.62 Å². The average Bonchev–Trinajstić information content (AvgIpc) is 3.26. The number of benzene rings is 3. The van der Waals surface area contributed by atoms with E-state index < -0.39 is 10.0 Å². The summed E-state index contributed by atoms with van der Waals surface area (Å²) in [4.78, 5) is 17.0. The summed E-state index contributed by atoms with van der Waals surface area (Å²) >= 11 is 0. The van der Waals surface area contributed by atoms with E-state index in [0.29, 0.717) is 22.8 Å². The van der Waals surface area contributed by atoms with Gasteiger partial charge >= 0.3 is 0 Å². The molecule has 162 valence electrons. The van der Waals surface area contributed by atoms with E-state index in [1.54, 1.807) is 36.4 Å². The summed E-state index contributed by atoms with van der Waals surface area (Å²) in [7, 11) is -2.24. The fraction of sp³-hybridized carbons (Fsp3) is 0.0870. The highest BCUT2D eigenvalue weighted by atomic mass is 32.2. The van der Waals surface area contributed by atoms with E-state index in [9.17, 15) is 13.2 Å². The van der Waals surface area contributed by atoms with E-state index in [1.165, 1.54) is 35.6 Å². The average molecular weight is 448 g/mol. The van der Waals surface area contributed by atoms with Crippen LogP contribution in [0.3, 0.4) is 0 Å². The van der Waals surface area contributed by atoms with Gasteiger partial charge in [-0.3, -0.25) is 14.2 Å². The first-order valence-corrected chi connectivity index (χ1v) is 11.2. The number of anilines is 2. The van der Waals surface area contributed by atoms with E-state index in [-0.39, 0.29) is 10.8 Å². The standard InChI is InChI=1S/C23H21N5O3S/c1-16-24-22(27-26-16)17-8-12-19(13-9-17)25-23(29)18-10-14-21(15-11-18)32(30,31)28(2)20-6-4-3-5-7-20/h3-15H,1-2H3,(H,25,29)(H,24,26,27). The summed E-state index contributed by atoms with van der Waals surface area (Å²) in [6.07, 6.45) is 0. The first-order chi connectivity index (χ1) is 15.3. The Hall–Kier alpha value is -3.98.